The largest absolute Gasteiger partial charge is 0.493 e. The Kier molecular flexibility index (Phi) is 5.63. The van der Waals surface area contributed by atoms with Crippen LogP contribution in [0, 0.1) is 5.92 Å². The van der Waals surface area contributed by atoms with Gasteiger partial charge in [-0.25, -0.2) is 0 Å². The Morgan fingerprint density at radius 2 is 2.04 bits per heavy atom. The smallest absolute Gasteiger partial charge is 0.261 e. The summed E-state index contributed by atoms with van der Waals surface area (Å²) in [7, 11) is 3.25. The molecule has 2 aromatic rings. The van der Waals surface area contributed by atoms with Crippen LogP contribution in [0.3, 0.4) is 0 Å². The molecule has 0 saturated carbocycles. The molecular weight excluding hydrogens is 334 g/mol. The lowest BCUT2D eigenvalue weighted by Gasteiger charge is -2.16. The van der Waals surface area contributed by atoms with Crippen LogP contribution in [0.1, 0.15) is 39.0 Å². The third-order valence-electron chi connectivity index (χ3n) is 4.70. The lowest BCUT2D eigenvalue weighted by molar-refractivity contribution is 0.0958. The first-order valence-electron chi connectivity index (χ1n) is 8.71. The van der Waals surface area contributed by atoms with Crippen molar-refractivity contribution in [3.05, 3.63) is 45.1 Å². The summed E-state index contributed by atoms with van der Waals surface area (Å²) < 4.78 is 10.6. The highest BCUT2D eigenvalue weighted by Crippen LogP contribution is 2.32. The first kappa shape index (κ1) is 17.8. The highest BCUT2D eigenvalue weighted by atomic mass is 32.1. The van der Waals surface area contributed by atoms with Gasteiger partial charge in [0.15, 0.2) is 11.5 Å². The van der Waals surface area contributed by atoms with Gasteiger partial charge in [0, 0.05) is 11.4 Å². The summed E-state index contributed by atoms with van der Waals surface area (Å²) in [5, 5.41) is 3.03. The van der Waals surface area contributed by atoms with Crippen molar-refractivity contribution in [2.75, 3.05) is 20.8 Å². The Labute approximate surface area is 153 Å². The molecule has 0 unspecified atom stereocenters. The van der Waals surface area contributed by atoms with Crippen molar-refractivity contribution < 1.29 is 14.3 Å². The molecule has 0 bridgehead atoms. The number of benzene rings is 1. The van der Waals surface area contributed by atoms with Gasteiger partial charge >= 0.3 is 0 Å². The van der Waals surface area contributed by atoms with Gasteiger partial charge in [0.05, 0.1) is 19.1 Å². The zero-order valence-corrected chi connectivity index (χ0v) is 15.9. The first-order chi connectivity index (χ1) is 12.1. The summed E-state index contributed by atoms with van der Waals surface area (Å²) in [5.74, 6) is 2.19. The summed E-state index contributed by atoms with van der Waals surface area (Å²) >= 11 is 1.65. The quantitative estimate of drug-likeness (QED) is 0.852. The number of ether oxygens (including phenoxy) is 2. The number of nitrogens with one attached hydrogen (secondary N) is 1. The lowest BCUT2D eigenvalue weighted by Crippen LogP contribution is -2.24. The molecule has 0 radical (unpaired) electrons. The van der Waals surface area contributed by atoms with Gasteiger partial charge in [-0.3, -0.25) is 4.79 Å². The molecule has 0 spiro atoms. The van der Waals surface area contributed by atoms with Crippen molar-refractivity contribution in [1.29, 1.82) is 0 Å². The van der Waals surface area contributed by atoms with E-state index in [0.717, 1.165) is 35.6 Å². The topological polar surface area (TPSA) is 47.6 Å². The molecule has 5 heteroatoms. The van der Waals surface area contributed by atoms with E-state index in [1.807, 2.05) is 18.2 Å². The van der Waals surface area contributed by atoms with Crippen LogP contribution in [0.4, 0.5) is 0 Å². The minimum atomic E-state index is 0.0347. The Bertz CT molecular complexity index is 753. The first-order valence-corrected chi connectivity index (χ1v) is 9.53. The van der Waals surface area contributed by atoms with Crippen molar-refractivity contribution in [1.82, 2.24) is 5.32 Å². The number of aryl methyl sites for hydroxylation is 1. The van der Waals surface area contributed by atoms with Crippen LogP contribution < -0.4 is 14.8 Å². The molecular formula is C20H25NO3S. The van der Waals surface area contributed by atoms with Crippen LogP contribution in [0.5, 0.6) is 11.5 Å². The molecule has 1 N–H and O–H groups in total. The molecule has 1 aliphatic carbocycles. The SMILES string of the molecule is COc1ccc(CCNC(=O)c2cc3c(s2)CC[C@H](C)C3)cc1OC. The van der Waals surface area contributed by atoms with E-state index in [9.17, 15) is 4.79 Å². The van der Waals surface area contributed by atoms with Gasteiger partial charge in [0.2, 0.25) is 0 Å². The van der Waals surface area contributed by atoms with Gasteiger partial charge in [0.1, 0.15) is 0 Å². The second-order valence-electron chi connectivity index (χ2n) is 6.60. The van der Waals surface area contributed by atoms with E-state index >= 15 is 0 Å². The maximum absolute atomic E-state index is 12.4. The predicted octanol–water partition coefficient (Wildman–Crippen LogP) is 3.86. The third-order valence-corrected chi connectivity index (χ3v) is 5.94. The van der Waals surface area contributed by atoms with Crippen LogP contribution in [0.25, 0.3) is 0 Å². The molecule has 1 amide bonds. The number of thiophene rings is 1. The molecule has 1 aromatic carbocycles. The standard InChI is InChI=1S/C20H25NO3S/c1-13-4-7-18-15(10-13)12-19(25-18)20(22)21-9-8-14-5-6-16(23-2)17(11-14)24-3/h5-6,11-13H,4,7-10H2,1-3H3,(H,21,22)/t13-/m0/s1. The van der Waals surface area contributed by atoms with Gasteiger partial charge in [-0.1, -0.05) is 13.0 Å². The Morgan fingerprint density at radius 1 is 1.24 bits per heavy atom. The van der Waals surface area contributed by atoms with Crippen molar-refractivity contribution in [3.63, 3.8) is 0 Å². The van der Waals surface area contributed by atoms with Crippen LogP contribution in [-0.4, -0.2) is 26.7 Å². The summed E-state index contributed by atoms with van der Waals surface area (Å²) in [6.45, 7) is 2.89. The second-order valence-corrected chi connectivity index (χ2v) is 7.74. The third kappa shape index (κ3) is 4.15. The summed E-state index contributed by atoms with van der Waals surface area (Å²) in [5.41, 5.74) is 2.48. The number of carbonyl (C=O) groups excluding carboxylic acids is 1. The zero-order chi connectivity index (χ0) is 17.8. The van der Waals surface area contributed by atoms with Crippen molar-refractivity contribution in [3.8, 4) is 11.5 Å². The average Bonchev–Trinajstić information content (AvgIpc) is 3.04. The van der Waals surface area contributed by atoms with E-state index in [4.69, 9.17) is 9.47 Å². The number of methoxy groups -OCH3 is 2. The van der Waals surface area contributed by atoms with E-state index in [1.54, 1.807) is 25.6 Å². The van der Waals surface area contributed by atoms with Crippen molar-refractivity contribution >= 4 is 17.2 Å². The van der Waals surface area contributed by atoms with Crippen LogP contribution >= 0.6 is 11.3 Å². The van der Waals surface area contributed by atoms with E-state index in [2.05, 4.69) is 18.3 Å². The van der Waals surface area contributed by atoms with E-state index in [0.29, 0.717) is 18.0 Å². The number of carbonyl (C=O) groups is 1. The molecule has 1 atom stereocenters. The highest BCUT2D eigenvalue weighted by molar-refractivity contribution is 7.14. The number of amides is 1. The second kappa shape index (κ2) is 7.91. The molecule has 3 rings (SSSR count). The summed E-state index contributed by atoms with van der Waals surface area (Å²) in [6, 6.07) is 7.93. The van der Waals surface area contributed by atoms with E-state index in [1.165, 1.54) is 16.9 Å². The Balaban J connectivity index is 1.56. The van der Waals surface area contributed by atoms with Crippen LogP contribution in [0.2, 0.25) is 0 Å². The molecule has 0 saturated heterocycles. The average molecular weight is 359 g/mol. The van der Waals surface area contributed by atoms with Gasteiger partial charge in [-0.05, 0) is 60.9 Å². The summed E-state index contributed by atoms with van der Waals surface area (Å²) in [4.78, 5) is 14.6. The number of hydrogen-bond acceptors (Lipinski definition) is 4. The molecule has 1 aliphatic rings. The maximum atomic E-state index is 12.4. The maximum Gasteiger partial charge on any atom is 0.261 e. The fourth-order valence-corrected chi connectivity index (χ4v) is 4.39. The van der Waals surface area contributed by atoms with Crippen molar-refractivity contribution in [2.24, 2.45) is 5.92 Å². The fraction of sp³-hybridized carbons (Fsp3) is 0.450. The van der Waals surface area contributed by atoms with Crippen LogP contribution in [-0.2, 0) is 19.3 Å². The van der Waals surface area contributed by atoms with Gasteiger partial charge < -0.3 is 14.8 Å². The molecule has 25 heavy (non-hydrogen) atoms. The number of hydrogen-bond donors (Lipinski definition) is 1. The zero-order valence-electron chi connectivity index (χ0n) is 15.1. The molecule has 1 aromatic heterocycles. The predicted molar refractivity (Wildman–Crippen MR) is 101 cm³/mol. The van der Waals surface area contributed by atoms with Gasteiger partial charge in [-0.15, -0.1) is 11.3 Å². The molecule has 134 valence electrons. The molecule has 0 fully saturated rings. The lowest BCUT2D eigenvalue weighted by atomic mass is 9.90. The van der Waals surface area contributed by atoms with Crippen molar-refractivity contribution in [2.45, 2.75) is 32.6 Å². The van der Waals surface area contributed by atoms with Gasteiger partial charge in [0.25, 0.3) is 5.91 Å². The Hall–Kier alpha value is -2.01. The normalized spacial score (nSPS) is 16.2. The number of rotatable bonds is 6. The van der Waals surface area contributed by atoms with Crippen LogP contribution in [0.15, 0.2) is 24.3 Å². The Morgan fingerprint density at radius 3 is 2.80 bits per heavy atom. The van der Waals surface area contributed by atoms with E-state index < -0.39 is 0 Å². The monoisotopic (exact) mass is 359 g/mol. The minimum absolute atomic E-state index is 0.0347. The molecule has 0 aliphatic heterocycles. The minimum Gasteiger partial charge on any atom is -0.493 e. The van der Waals surface area contributed by atoms with Gasteiger partial charge in [-0.2, -0.15) is 0 Å². The molecule has 4 nitrogen and oxygen atoms in total. The summed E-state index contributed by atoms with van der Waals surface area (Å²) in [6.07, 6.45) is 4.20. The highest BCUT2D eigenvalue weighted by Gasteiger charge is 2.20. The molecule has 1 heterocycles. The fourth-order valence-electron chi connectivity index (χ4n) is 3.26. The number of fused-ring (bicyclic) bond motifs is 1. The van der Waals surface area contributed by atoms with E-state index in [-0.39, 0.29) is 5.91 Å².